The van der Waals surface area contributed by atoms with Crippen molar-refractivity contribution in [1.29, 1.82) is 0 Å². The zero-order valence-electron chi connectivity index (χ0n) is 16.1. The van der Waals surface area contributed by atoms with E-state index < -0.39 is 33.9 Å². The topological polar surface area (TPSA) is 108 Å². The predicted octanol–water partition coefficient (Wildman–Crippen LogP) is 3.48. The van der Waals surface area contributed by atoms with Crippen LogP contribution < -0.4 is 5.32 Å². The zero-order chi connectivity index (χ0) is 23.1. The first-order valence-corrected chi connectivity index (χ1v) is 11.0. The number of halogens is 4. The van der Waals surface area contributed by atoms with Gasteiger partial charge < -0.3 is 0 Å². The number of hydrogen-bond acceptors (Lipinski definition) is 5. The number of carbonyl (C=O) groups excluding carboxylic acids is 1. The number of fused-ring (bicyclic) bond motifs is 1. The summed E-state index contributed by atoms with van der Waals surface area (Å²) in [5.41, 5.74) is 1.80. The smallest absolute Gasteiger partial charge is 0.289 e. The van der Waals surface area contributed by atoms with Crippen LogP contribution in [0.2, 0.25) is 5.02 Å². The number of rotatable bonds is 4. The third-order valence-electron chi connectivity index (χ3n) is 4.89. The lowest BCUT2D eigenvalue weighted by molar-refractivity contribution is -0.144. The zero-order valence-corrected chi connectivity index (χ0v) is 17.7. The summed E-state index contributed by atoms with van der Waals surface area (Å²) in [5.74, 6) is -2.87. The van der Waals surface area contributed by atoms with E-state index in [0.717, 1.165) is 17.2 Å². The highest BCUT2D eigenvalue weighted by Crippen LogP contribution is 2.30. The van der Waals surface area contributed by atoms with E-state index in [2.05, 4.69) is 15.4 Å². The molecule has 13 heteroatoms. The minimum atomic E-state index is -4.76. The van der Waals surface area contributed by atoms with Crippen LogP contribution in [0.25, 0.3) is 0 Å². The quantitative estimate of drug-likeness (QED) is 0.588. The second-order valence-corrected chi connectivity index (χ2v) is 9.28. The number of amides is 1. The van der Waals surface area contributed by atoms with Crippen LogP contribution >= 0.6 is 11.6 Å². The molecule has 2 heterocycles. The van der Waals surface area contributed by atoms with Gasteiger partial charge in [0, 0.05) is 18.7 Å². The van der Waals surface area contributed by atoms with Crippen LogP contribution in [0.4, 0.5) is 19.1 Å². The summed E-state index contributed by atoms with van der Waals surface area (Å²) >= 11 is 6.13. The molecule has 1 aromatic heterocycles. The molecule has 0 radical (unpaired) electrons. The number of H-pyrrole nitrogens is 1. The first-order valence-electron chi connectivity index (χ1n) is 9.23. The standard InChI is InChI=1S/C19H15ClF3N5O3S/c20-14-6-5-12(16(29)24-18-25-17(26-27-18)19(21,22)23)9-15(14)32(30,31)28-8-7-11-3-1-2-4-13(11)10-28/h1-6,9H,7-8,10H2,(H2,24,25,26,27,29). The normalized spacial score (nSPS) is 14.8. The summed E-state index contributed by atoms with van der Waals surface area (Å²) in [6.45, 7) is 0.395. The molecule has 2 N–H and O–H groups in total. The van der Waals surface area contributed by atoms with Crippen LogP contribution in [0.1, 0.15) is 27.3 Å². The van der Waals surface area contributed by atoms with Crippen LogP contribution in [0.15, 0.2) is 47.4 Å². The molecule has 8 nitrogen and oxygen atoms in total. The first kappa shape index (κ1) is 22.2. The lowest BCUT2D eigenvalue weighted by Gasteiger charge is -2.28. The van der Waals surface area contributed by atoms with E-state index in [1.54, 1.807) is 5.10 Å². The van der Waals surface area contributed by atoms with Gasteiger partial charge in [-0.25, -0.2) is 8.42 Å². The Morgan fingerprint density at radius 3 is 2.56 bits per heavy atom. The van der Waals surface area contributed by atoms with Crippen molar-refractivity contribution in [1.82, 2.24) is 19.5 Å². The van der Waals surface area contributed by atoms with E-state index in [1.807, 2.05) is 24.3 Å². The Morgan fingerprint density at radius 1 is 1.16 bits per heavy atom. The lowest BCUT2D eigenvalue weighted by atomic mass is 10.0. The molecule has 0 fully saturated rings. The Morgan fingerprint density at radius 2 is 1.88 bits per heavy atom. The van der Waals surface area contributed by atoms with Gasteiger partial charge in [-0.2, -0.15) is 22.5 Å². The Kier molecular flexibility index (Phi) is 5.69. The number of benzene rings is 2. The number of aromatic amines is 1. The van der Waals surface area contributed by atoms with Crippen molar-refractivity contribution in [3.05, 3.63) is 70.0 Å². The lowest BCUT2D eigenvalue weighted by Crippen LogP contribution is -2.36. The summed E-state index contributed by atoms with van der Waals surface area (Å²) in [7, 11) is -4.04. The van der Waals surface area contributed by atoms with Gasteiger partial charge >= 0.3 is 6.18 Å². The van der Waals surface area contributed by atoms with Crippen molar-refractivity contribution in [3.63, 3.8) is 0 Å². The van der Waals surface area contributed by atoms with Crippen molar-refractivity contribution in [3.8, 4) is 0 Å². The average molecular weight is 486 g/mol. The van der Waals surface area contributed by atoms with Gasteiger partial charge in [-0.3, -0.25) is 15.2 Å². The average Bonchev–Trinajstić information content (AvgIpc) is 3.22. The van der Waals surface area contributed by atoms with Crippen molar-refractivity contribution < 1.29 is 26.4 Å². The van der Waals surface area contributed by atoms with E-state index in [0.29, 0.717) is 6.42 Å². The molecule has 1 amide bonds. The summed E-state index contributed by atoms with van der Waals surface area (Å²) < 4.78 is 65.6. The van der Waals surface area contributed by atoms with E-state index in [1.165, 1.54) is 16.4 Å². The predicted molar refractivity (Wildman–Crippen MR) is 109 cm³/mol. The fourth-order valence-electron chi connectivity index (χ4n) is 3.27. The van der Waals surface area contributed by atoms with Gasteiger partial charge in [0.2, 0.25) is 21.8 Å². The van der Waals surface area contributed by atoms with E-state index in [-0.39, 0.29) is 28.6 Å². The highest BCUT2D eigenvalue weighted by molar-refractivity contribution is 7.89. The number of aromatic nitrogens is 3. The SMILES string of the molecule is O=C(Nc1n[nH]c(C(F)(F)F)n1)c1ccc(Cl)c(S(=O)(=O)N2CCc3ccccc3C2)c1. The number of nitrogens with zero attached hydrogens (tertiary/aromatic N) is 3. The summed E-state index contributed by atoms with van der Waals surface area (Å²) in [6.07, 6.45) is -4.23. The summed E-state index contributed by atoms with van der Waals surface area (Å²) in [6, 6.07) is 11.0. The highest BCUT2D eigenvalue weighted by atomic mass is 35.5. The van der Waals surface area contributed by atoms with Gasteiger partial charge in [0.05, 0.1) is 5.02 Å². The Bertz CT molecular complexity index is 1290. The molecule has 0 spiro atoms. The molecule has 168 valence electrons. The van der Waals surface area contributed by atoms with Crippen LogP contribution in [-0.4, -0.2) is 40.4 Å². The molecule has 1 aliphatic heterocycles. The molecule has 4 rings (SSSR count). The first-order chi connectivity index (χ1) is 15.1. The van der Waals surface area contributed by atoms with Gasteiger partial charge in [-0.05, 0) is 35.7 Å². The van der Waals surface area contributed by atoms with Crippen molar-refractivity contribution >= 4 is 33.5 Å². The van der Waals surface area contributed by atoms with Gasteiger partial charge in [-0.1, -0.05) is 35.9 Å². The Labute approximate surface area is 185 Å². The molecule has 0 saturated carbocycles. The summed E-state index contributed by atoms with van der Waals surface area (Å²) in [5, 5.41) is 6.98. The molecule has 32 heavy (non-hydrogen) atoms. The van der Waals surface area contributed by atoms with Crippen molar-refractivity contribution in [2.45, 2.75) is 24.0 Å². The molecule has 0 atom stereocenters. The molecular weight excluding hydrogens is 471 g/mol. The van der Waals surface area contributed by atoms with Crippen LogP contribution in [-0.2, 0) is 29.2 Å². The molecule has 0 bridgehead atoms. The van der Waals surface area contributed by atoms with Crippen molar-refractivity contribution in [2.75, 3.05) is 11.9 Å². The minimum absolute atomic E-state index is 0.0855. The maximum atomic E-state index is 13.2. The molecule has 2 aromatic carbocycles. The van der Waals surface area contributed by atoms with Crippen LogP contribution in [0.5, 0.6) is 0 Å². The molecular formula is C19H15ClF3N5O3S. The van der Waals surface area contributed by atoms with Crippen LogP contribution in [0, 0.1) is 0 Å². The molecule has 1 aliphatic rings. The number of hydrogen-bond donors (Lipinski definition) is 2. The van der Waals surface area contributed by atoms with E-state index in [9.17, 15) is 26.4 Å². The van der Waals surface area contributed by atoms with Gasteiger partial charge in [-0.15, -0.1) is 5.10 Å². The Balaban J connectivity index is 1.58. The van der Waals surface area contributed by atoms with Crippen LogP contribution in [0.3, 0.4) is 0 Å². The molecule has 0 saturated heterocycles. The largest absolute Gasteiger partial charge is 0.451 e. The Hall–Kier alpha value is -2.96. The number of sulfonamides is 1. The van der Waals surface area contributed by atoms with Gasteiger partial charge in [0.1, 0.15) is 4.90 Å². The third-order valence-corrected chi connectivity index (χ3v) is 7.21. The van der Waals surface area contributed by atoms with Gasteiger partial charge in [0.25, 0.3) is 5.91 Å². The van der Waals surface area contributed by atoms with Crippen molar-refractivity contribution in [2.24, 2.45) is 0 Å². The number of nitrogens with one attached hydrogen (secondary N) is 2. The molecule has 0 aliphatic carbocycles. The second kappa shape index (κ2) is 8.19. The number of alkyl halides is 3. The second-order valence-electron chi connectivity index (χ2n) is 6.96. The fourth-order valence-corrected chi connectivity index (χ4v) is 5.19. The third kappa shape index (κ3) is 4.33. The fraction of sp³-hybridized carbons (Fsp3) is 0.211. The van der Waals surface area contributed by atoms with E-state index in [4.69, 9.17) is 11.6 Å². The monoisotopic (exact) mass is 485 g/mol. The number of carbonyl (C=O) groups is 1. The van der Waals surface area contributed by atoms with E-state index >= 15 is 0 Å². The highest BCUT2D eigenvalue weighted by Gasteiger charge is 2.35. The maximum Gasteiger partial charge on any atom is 0.451 e. The molecule has 0 unspecified atom stereocenters. The molecule has 3 aromatic rings. The summed E-state index contributed by atoms with van der Waals surface area (Å²) in [4.78, 5) is 15.3. The maximum absolute atomic E-state index is 13.2. The minimum Gasteiger partial charge on any atom is -0.289 e. The number of anilines is 1. The van der Waals surface area contributed by atoms with Gasteiger partial charge in [0.15, 0.2) is 0 Å².